The molecule has 16 heavy (non-hydrogen) atoms. The number of carbonyl (C=O) groups is 1. The number of benzene rings is 1. The number of nitrogens with one attached hydrogen (secondary N) is 1. The number of aliphatic carboxylic acids is 1. The molecule has 0 amide bonds. The maximum atomic E-state index is 9.43. The summed E-state index contributed by atoms with van der Waals surface area (Å²) < 4.78 is 0. The molecule has 1 aromatic carbocycles. The zero-order valence-electron chi connectivity index (χ0n) is 8.69. The molecule has 2 rings (SSSR count). The normalized spacial score (nSPS) is 8.56. The van der Waals surface area contributed by atoms with Gasteiger partial charge in [0.1, 0.15) is 5.75 Å². The Balaban J connectivity index is 0.000000187. The maximum absolute atomic E-state index is 9.43. The van der Waals surface area contributed by atoms with Gasteiger partial charge in [0, 0.05) is 23.0 Å². The lowest BCUT2D eigenvalue weighted by Gasteiger charge is -1.89. The molecule has 0 aliphatic heterocycles. The molecular weight excluding hydrogens is 206 g/mol. The van der Waals surface area contributed by atoms with Gasteiger partial charge in [-0.3, -0.25) is 0 Å². The Morgan fingerprint density at radius 1 is 1.38 bits per heavy atom. The van der Waals surface area contributed by atoms with Crippen LogP contribution in [0.25, 0.3) is 10.9 Å². The molecule has 0 radical (unpaired) electrons. The summed E-state index contributed by atoms with van der Waals surface area (Å²) in [5.41, 5.74) is 1.05. The van der Waals surface area contributed by atoms with Crippen LogP contribution in [0.4, 0.5) is 0 Å². The van der Waals surface area contributed by atoms with Crippen LogP contribution >= 0.6 is 0 Å². The zero-order chi connectivity index (χ0) is 12.0. The first kappa shape index (κ1) is 11.7. The predicted molar refractivity (Wildman–Crippen MR) is 61.0 cm³/mol. The highest BCUT2D eigenvalue weighted by atomic mass is 16.4. The number of aromatic amines is 1. The summed E-state index contributed by atoms with van der Waals surface area (Å²) in [5.74, 6) is 3.33. The van der Waals surface area contributed by atoms with Gasteiger partial charge in [0.15, 0.2) is 0 Å². The third-order valence-electron chi connectivity index (χ3n) is 1.77. The number of carboxylic acids is 1. The van der Waals surface area contributed by atoms with Crippen molar-refractivity contribution in [2.75, 3.05) is 0 Å². The first-order valence-electron chi connectivity index (χ1n) is 4.55. The molecule has 0 fully saturated rings. The van der Waals surface area contributed by atoms with E-state index in [1.807, 2.05) is 24.3 Å². The molecule has 0 aliphatic carbocycles. The molecule has 0 saturated carbocycles. The van der Waals surface area contributed by atoms with E-state index >= 15 is 0 Å². The van der Waals surface area contributed by atoms with Crippen molar-refractivity contribution in [1.29, 1.82) is 0 Å². The summed E-state index contributed by atoms with van der Waals surface area (Å²) in [6, 6.07) is 7.17. The third-order valence-corrected chi connectivity index (χ3v) is 1.77. The van der Waals surface area contributed by atoms with Crippen molar-refractivity contribution in [3.8, 4) is 17.6 Å². The molecule has 4 nitrogen and oxygen atoms in total. The first-order valence-corrected chi connectivity index (χ1v) is 4.55. The summed E-state index contributed by atoms with van der Waals surface area (Å²) in [4.78, 5) is 12.5. The Kier molecular flexibility index (Phi) is 3.98. The second-order valence-electron chi connectivity index (χ2n) is 2.93. The SMILES string of the molecule is CC#CC(=O)O.Oc1ccc2[nH]ccc2c1. The van der Waals surface area contributed by atoms with Crippen molar-refractivity contribution in [2.24, 2.45) is 0 Å². The Labute approximate surface area is 92.5 Å². The molecule has 82 valence electrons. The van der Waals surface area contributed by atoms with Gasteiger partial charge in [0.2, 0.25) is 0 Å². The molecule has 0 aliphatic rings. The summed E-state index contributed by atoms with van der Waals surface area (Å²) in [7, 11) is 0. The highest BCUT2D eigenvalue weighted by Crippen LogP contribution is 2.17. The fourth-order valence-corrected chi connectivity index (χ4v) is 1.15. The molecule has 0 spiro atoms. The maximum Gasteiger partial charge on any atom is 0.381 e. The number of hydrogen-bond donors (Lipinski definition) is 3. The summed E-state index contributed by atoms with van der Waals surface area (Å²) in [6.07, 6.45) is 1.85. The van der Waals surface area contributed by atoms with Gasteiger partial charge in [-0.05, 0) is 31.2 Å². The fourth-order valence-electron chi connectivity index (χ4n) is 1.15. The van der Waals surface area contributed by atoms with Crippen LogP contribution in [0.5, 0.6) is 5.75 Å². The molecule has 0 saturated heterocycles. The van der Waals surface area contributed by atoms with Crippen LogP contribution < -0.4 is 0 Å². The highest BCUT2D eigenvalue weighted by Gasteiger charge is 1.92. The van der Waals surface area contributed by atoms with Crippen LogP contribution in [0, 0.1) is 11.8 Å². The number of phenols is 1. The minimum absolute atomic E-state index is 0.312. The van der Waals surface area contributed by atoms with E-state index < -0.39 is 5.97 Å². The predicted octanol–water partition coefficient (Wildman–Crippen LogP) is 1.97. The van der Waals surface area contributed by atoms with Gasteiger partial charge in [-0.15, -0.1) is 0 Å². The molecule has 2 aromatic rings. The second-order valence-corrected chi connectivity index (χ2v) is 2.93. The van der Waals surface area contributed by atoms with E-state index in [-0.39, 0.29) is 0 Å². The number of hydrogen-bond acceptors (Lipinski definition) is 2. The molecule has 4 heteroatoms. The van der Waals surface area contributed by atoms with E-state index in [2.05, 4.69) is 10.9 Å². The molecule has 1 aromatic heterocycles. The number of aromatic nitrogens is 1. The van der Waals surface area contributed by atoms with Crippen molar-refractivity contribution in [3.63, 3.8) is 0 Å². The van der Waals surface area contributed by atoms with Crippen LogP contribution in [-0.2, 0) is 4.79 Å². The van der Waals surface area contributed by atoms with E-state index in [1.165, 1.54) is 6.92 Å². The number of H-pyrrole nitrogens is 1. The zero-order valence-corrected chi connectivity index (χ0v) is 8.69. The standard InChI is InChI=1S/C8H7NO.C4H4O2/c10-7-1-2-8-6(5-7)3-4-9-8;1-2-3-4(5)6/h1-5,9-10H;1H3,(H,5,6). The minimum atomic E-state index is -1.07. The van der Waals surface area contributed by atoms with Gasteiger partial charge < -0.3 is 15.2 Å². The first-order chi connectivity index (χ1) is 7.63. The van der Waals surface area contributed by atoms with Crippen LogP contribution in [0.2, 0.25) is 0 Å². The van der Waals surface area contributed by atoms with Gasteiger partial charge in [0.05, 0.1) is 0 Å². The van der Waals surface area contributed by atoms with E-state index in [9.17, 15) is 4.79 Å². The Bertz CT molecular complexity index is 546. The Morgan fingerprint density at radius 2 is 2.12 bits per heavy atom. The van der Waals surface area contributed by atoms with Crippen LogP contribution in [0.3, 0.4) is 0 Å². The molecule has 0 atom stereocenters. The third kappa shape index (κ3) is 3.39. The van der Waals surface area contributed by atoms with Gasteiger partial charge >= 0.3 is 5.97 Å². The van der Waals surface area contributed by atoms with Gasteiger partial charge in [-0.25, -0.2) is 4.79 Å². The van der Waals surface area contributed by atoms with Crippen LogP contribution in [0.15, 0.2) is 30.5 Å². The van der Waals surface area contributed by atoms with Crippen molar-refractivity contribution in [1.82, 2.24) is 4.98 Å². The van der Waals surface area contributed by atoms with Crippen molar-refractivity contribution >= 4 is 16.9 Å². The quantitative estimate of drug-likeness (QED) is 0.590. The van der Waals surface area contributed by atoms with E-state index in [0.717, 1.165) is 10.9 Å². The largest absolute Gasteiger partial charge is 0.508 e. The minimum Gasteiger partial charge on any atom is -0.508 e. The molecule has 1 heterocycles. The van der Waals surface area contributed by atoms with Crippen LogP contribution in [-0.4, -0.2) is 21.2 Å². The number of aromatic hydroxyl groups is 1. The van der Waals surface area contributed by atoms with E-state index in [0.29, 0.717) is 5.75 Å². The Hall–Kier alpha value is -2.41. The summed E-state index contributed by atoms with van der Waals surface area (Å²) in [5, 5.41) is 17.8. The van der Waals surface area contributed by atoms with Gasteiger partial charge in [-0.2, -0.15) is 0 Å². The fraction of sp³-hybridized carbons (Fsp3) is 0.0833. The lowest BCUT2D eigenvalue weighted by Crippen LogP contribution is -1.84. The number of rotatable bonds is 0. The number of phenolic OH excluding ortho intramolecular Hbond substituents is 1. The number of carboxylic acid groups (broad SMARTS) is 1. The lowest BCUT2D eigenvalue weighted by atomic mass is 10.2. The van der Waals surface area contributed by atoms with Crippen molar-refractivity contribution in [2.45, 2.75) is 6.92 Å². The van der Waals surface area contributed by atoms with Gasteiger partial charge in [-0.1, -0.05) is 5.92 Å². The van der Waals surface area contributed by atoms with Crippen LogP contribution in [0.1, 0.15) is 6.92 Å². The lowest BCUT2D eigenvalue weighted by molar-refractivity contribution is -0.130. The topological polar surface area (TPSA) is 73.3 Å². The average Bonchev–Trinajstić information content (AvgIpc) is 2.65. The van der Waals surface area contributed by atoms with E-state index in [4.69, 9.17) is 10.2 Å². The number of fused-ring (bicyclic) bond motifs is 1. The smallest absolute Gasteiger partial charge is 0.381 e. The second kappa shape index (κ2) is 5.47. The van der Waals surface area contributed by atoms with Crippen molar-refractivity contribution in [3.05, 3.63) is 30.5 Å². The van der Waals surface area contributed by atoms with Gasteiger partial charge in [0.25, 0.3) is 0 Å². The summed E-state index contributed by atoms with van der Waals surface area (Å²) in [6.45, 7) is 1.48. The Morgan fingerprint density at radius 3 is 2.69 bits per heavy atom. The monoisotopic (exact) mass is 217 g/mol. The molecule has 3 N–H and O–H groups in total. The molecule has 0 unspecified atom stereocenters. The average molecular weight is 217 g/mol. The molecular formula is C12H11NO3. The highest BCUT2D eigenvalue weighted by molar-refractivity contribution is 5.86. The summed E-state index contributed by atoms with van der Waals surface area (Å²) >= 11 is 0. The molecule has 0 bridgehead atoms. The van der Waals surface area contributed by atoms with Crippen molar-refractivity contribution < 1.29 is 15.0 Å². The van der Waals surface area contributed by atoms with E-state index in [1.54, 1.807) is 12.1 Å².